The van der Waals surface area contributed by atoms with E-state index in [-0.39, 0.29) is 18.6 Å². The Morgan fingerprint density at radius 3 is 2.69 bits per heavy atom. The largest absolute Gasteiger partial charge is 0.481 e. The Morgan fingerprint density at radius 2 is 1.94 bits per heavy atom. The van der Waals surface area contributed by atoms with Crippen LogP contribution in [0.1, 0.15) is 23.2 Å². The number of hydrogen-bond donors (Lipinski definition) is 1. The van der Waals surface area contributed by atoms with E-state index >= 15 is 0 Å². The Balaban J connectivity index is 2.26. The number of carboxylic acids is 1. The van der Waals surface area contributed by atoms with Crippen molar-refractivity contribution in [2.45, 2.75) is 12.8 Å². The molecule has 0 fully saturated rings. The van der Waals surface area contributed by atoms with Crippen LogP contribution >= 0.6 is 0 Å². The van der Waals surface area contributed by atoms with E-state index in [4.69, 9.17) is 9.52 Å². The fourth-order valence-corrected chi connectivity index (χ4v) is 1.55. The summed E-state index contributed by atoms with van der Waals surface area (Å²) in [7, 11) is 0. The van der Waals surface area contributed by atoms with E-state index in [2.05, 4.69) is 0 Å². The van der Waals surface area contributed by atoms with Crippen LogP contribution in [-0.2, 0) is 4.79 Å². The molecule has 0 radical (unpaired) electrons. The van der Waals surface area contributed by atoms with E-state index in [0.29, 0.717) is 11.1 Å². The number of para-hydroxylation sites is 1. The molecule has 0 bridgehead atoms. The highest BCUT2D eigenvalue weighted by Crippen LogP contribution is 2.22. The van der Waals surface area contributed by atoms with Gasteiger partial charge in [-0.25, -0.2) is 0 Å². The number of carbonyl (C=O) groups excluding carboxylic acids is 1. The molecule has 16 heavy (non-hydrogen) atoms. The number of furan rings is 1. The first-order chi connectivity index (χ1) is 7.68. The fraction of sp³-hybridized carbons (Fsp3) is 0.167. The Bertz CT molecular complexity index is 539. The predicted octanol–water partition coefficient (Wildman–Crippen LogP) is 2.48. The van der Waals surface area contributed by atoms with Crippen LogP contribution < -0.4 is 0 Å². The highest BCUT2D eigenvalue weighted by Gasteiger charge is 2.14. The Labute approximate surface area is 91.5 Å². The average molecular weight is 218 g/mol. The Morgan fingerprint density at radius 1 is 1.19 bits per heavy atom. The minimum Gasteiger partial charge on any atom is -0.481 e. The van der Waals surface area contributed by atoms with Gasteiger partial charge in [-0.3, -0.25) is 9.59 Å². The third-order valence-electron chi connectivity index (χ3n) is 2.35. The van der Waals surface area contributed by atoms with E-state index in [1.54, 1.807) is 12.1 Å². The van der Waals surface area contributed by atoms with Crippen molar-refractivity contribution in [3.8, 4) is 0 Å². The van der Waals surface area contributed by atoms with Gasteiger partial charge in [0.15, 0.2) is 5.78 Å². The normalized spacial score (nSPS) is 10.5. The highest BCUT2D eigenvalue weighted by atomic mass is 16.4. The van der Waals surface area contributed by atoms with E-state index in [0.717, 1.165) is 5.39 Å². The minimum atomic E-state index is -0.971. The number of rotatable bonds is 4. The second-order valence-corrected chi connectivity index (χ2v) is 3.46. The number of ketones is 1. The summed E-state index contributed by atoms with van der Waals surface area (Å²) in [4.78, 5) is 22.1. The van der Waals surface area contributed by atoms with Crippen molar-refractivity contribution in [1.29, 1.82) is 0 Å². The summed E-state index contributed by atoms with van der Waals surface area (Å²) < 4.78 is 5.21. The van der Waals surface area contributed by atoms with Crippen LogP contribution in [0.15, 0.2) is 34.9 Å². The lowest BCUT2D eigenvalue weighted by molar-refractivity contribution is -0.136. The van der Waals surface area contributed by atoms with Crippen molar-refractivity contribution in [2.75, 3.05) is 0 Å². The molecule has 4 heteroatoms. The number of carbonyl (C=O) groups is 2. The summed E-state index contributed by atoms with van der Waals surface area (Å²) in [5, 5.41) is 9.23. The molecule has 4 nitrogen and oxygen atoms in total. The van der Waals surface area contributed by atoms with Gasteiger partial charge in [0.05, 0.1) is 12.0 Å². The topological polar surface area (TPSA) is 67.5 Å². The molecule has 1 aromatic carbocycles. The molecule has 0 spiro atoms. The Hall–Kier alpha value is -2.10. The molecule has 1 heterocycles. The molecule has 2 rings (SSSR count). The van der Waals surface area contributed by atoms with Crippen molar-refractivity contribution in [3.05, 3.63) is 36.1 Å². The first-order valence-electron chi connectivity index (χ1n) is 4.89. The van der Waals surface area contributed by atoms with Crippen LogP contribution in [0.2, 0.25) is 0 Å². The van der Waals surface area contributed by atoms with Gasteiger partial charge < -0.3 is 9.52 Å². The quantitative estimate of drug-likeness (QED) is 0.800. The number of fused-ring (bicyclic) bond motifs is 1. The average Bonchev–Trinajstić information content (AvgIpc) is 2.69. The van der Waals surface area contributed by atoms with E-state index in [9.17, 15) is 9.59 Å². The lowest BCUT2D eigenvalue weighted by Crippen LogP contribution is -2.02. The van der Waals surface area contributed by atoms with Gasteiger partial charge >= 0.3 is 5.97 Å². The van der Waals surface area contributed by atoms with Crippen molar-refractivity contribution >= 4 is 22.7 Å². The summed E-state index contributed by atoms with van der Waals surface area (Å²) in [5.74, 6) is -1.17. The summed E-state index contributed by atoms with van der Waals surface area (Å²) in [6.45, 7) is 0. The Kier molecular flexibility index (Phi) is 2.72. The van der Waals surface area contributed by atoms with Crippen LogP contribution in [0.5, 0.6) is 0 Å². The number of benzene rings is 1. The van der Waals surface area contributed by atoms with E-state index in [1.807, 2.05) is 12.1 Å². The predicted molar refractivity (Wildman–Crippen MR) is 57.4 cm³/mol. The van der Waals surface area contributed by atoms with Gasteiger partial charge in [0.1, 0.15) is 11.8 Å². The molecule has 82 valence electrons. The third-order valence-corrected chi connectivity index (χ3v) is 2.35. The summed E-state index contributed by atoms with van der Waals surface area (Å²) in [5.41, 5.74) is 1.10. The number of Topliss-reactive ketones (excluding diaryl/α,β-unsaturated/α-hetero) is 1. The minimum absolute atomic E-state index is 0.00113. The molecule has 1 N–H and O–H groups in total. The van der Waals surface area contributed by atoms with Crippen molar-refractivity contribution in [2.24, 2.45) is 0 Å². The van der Waals surface area contributed by atoms with Gasteiger partial charge in [-0.05, 0) is 6.07 Å². The summed E-state index contributed by atoms with van der Waals surface area (Å²) in [6.07, 6.45) is 1.23. The maximum Gasteiger partial charge on any atom is 0.303 e. The van der Waals surface area contributed by atoms with Crippen molar-refractivity contribution in [1.82, 2.24) is 0 Å². The van der Waals surface area contributed by atoms with E-state index < -0.39 is 5.97 Å². The highest BCUT2D eigenvalue weighted by molar-refractivity contribution is 6.07. The van der Waals surface area contributed by atoms with Crippen molar-refractivity contribution in [3.63, 3.8) is 0 Å². The van der Waals surface area contributed by atoms with Gasteiger partial charge in [0.2, 0.25) is 0 Å². The van der Waals surface area contributed by atoms with Gasteiger partial charge in [0, 0.05) is 11.8 Å². The maximum atomic E-state index is 11.7. The standard InChI is InChI=1S/C12H10O4/c13-10(5-6-12(14)15)9-7-16-11-4-2-1-3-8(9)11/h1-4,7H,5-6H2,(H,14,15). The molecular weight excluding hydrogens is 208 g/mol. The molecule has 0 saturated heterocycles. The molecule has 2 aromatic rings. The summed E-state index contributed by atoms with van der Waals surface area (Å²) >= 11 is 0. The zero-order valence-electron chi connectivity index (χ0n) is 8.47. The van der Waals surface area contributed by atoms with Gasteiger partial charge in [-0.15, -0.1) is 0 Å². The van der Waals surface area contributed by atoms with Crippen molar-refractivity contribution < 1.29 is 19.1 Å². The maximum absolute atomic E-state index is 11.7. The lowest BCUT2D eigenvalue weighted by atomic mass is 10.1. The summed E-state index contributed by atoms with van der Waals surface area (Å²) in [6, 6.07) is 7.18. The van der Waals surface area contributed by atoms with Crippen LogP contribution in [0.3, 0.4) is 0 Å². The molecule has 0 unspecified atom stereocenters. The zero-order chi connectivity index (χ0) is 11.5. The third kappa shape index (κ3) is 1.95. The molecule has 0 atom stereocenters. The number of carboxylic acid groups (broad SMARTS) is 1. The lowest BCUT2D eigenvalue weighted by Gasteiger charge is -1.95. The second-order valence-electron chi connectivity index (χ2n) is 3.46. The van der Waals surface area contributed by atoms with Crippen LogP contribution in [0.4, 0.5) is 0 Å². The van der Waals surface area contributed by atoms with Crippen LogP contribution in [-0.4, -0.2) is 16.9 Å². The van der Waals surface area contributed by atoms with Gasteiger partial charge in [0.25, 0.3) is 0 Å². The van der Waals surface area contributed by atoms with Crippen LogP contribution in [0, 0.1) is 0 Å². The molecule has 1 aromatic heterocycles. The molecule has 0 amide bonds. The number of hydrogen-bond acceptors (Lipinski definition) is 3. The molecule has 0 aliphatic heterocycles. The molecule has 0 aliphatic carbocycles. The monoisotopic (exact) mass is 218 g/mol. The number of aliphatic carboxylic acids is 1. The fourth-order valence-electron chi connectivity index (χ4n) is 1.55. The van der Waals surface area contributed by atoms with Crippen LogP contribution in [0.25, 0.3) is 11.0 Å². The zero-order valence-corrected chi connectivity index (χ0v) is 8.47. The van der Waals surface area contributed by atoms with Gasteiger partial charge in [-0.1, -0.05) is 18.2 Å². The smallest absolute Gasteiger partial charge is 0.303 e. The second kappa shape index (κ2) is 4.18. The van der Waals surface area contributed by atoms with E-state index in [1.165, 1.54) is 6.26 Å². The first kappa shape index (κ1) is 10.4. The van der Waals surface area contributed by atoms with Gasteiger partial charge in [-0.2, -0.15) is 0 Å². The first-order valence-corrected chi connectivity index (χ1v) is 4.89. The molecule has 0 saturated carbocycles. The molecular formula is C12H10O4. The molecule has 0 aliphatic rings. The SMILES string of the molecule is O=C(O)CCC(=O)c1coc2ccccc12.